The molecule has 2 saturated heterocycles. The van der Waals surface area contributed by atoms with Crippen molar-refractivity contribution in [2.45, 2.75) is 12.8 Å². The molecule has 2 aliphatic rings. The van der Waals surface area contributed by atoms with Crippen LogP contribution >= 0.6 is 23.2 Å². The van der Waals surface area contributed by atoms with Crippen molar-refractivity contribution < 1.29 is 9.59 Å². The predicted molar refractivity (Wildman–Crippen MR) is 118 cm³/mol. The van der Waals surface area contributed by atoms with E-state index >= 15 is 0 Å². The Morgan fingerprint density at radius 3 is 2.42 bits per heavy atom. The second-order valence-corrected chi connectivity index (χ2v) is 9.14. The number of nitrogens with zero attached hydrogens (tertiary/aromatic N) is 5. The number of amides is 2. The molecule has 2 aromatic heterocycles. The molecule has 7 nitrogen and oxygen atoms in total. The van der Waals surface area contributed by atoms with Gasteiger partial charge < -0.3 is 9.80 Å². The lowest BCUT2D eigenvalue weighted by molar-refractivity contribution is 0.0752. The van der Waals surface area contributed by atoms with Crippen molar-refractivity contribution in [1.29, 1.82) is 0 Å². The number of aryl methyl sites for hydroxylation is 1. The van der Waals surface area contributed by atoms with E-state index in [9.17, 15) is 9.59 Å². The second kappa shape index (κ2) is 7.50. The SMILES string of the molecule is Cn1nc(C(=O)N2CCC3(CCN(C(=O)c4ccnc(Cl)c4Cl)C3)C2)c2ccccc21. The Balaban J connectivity index is 1.33. The summed E-state index contributed by atoms with van der Waals surface area (Å²) < 4.78 is 1.74. The molecule has 0 N–H and O–H groups in total. The van der Waals surface area contributed by atoms with E-state index in [1.165, 1.54) is 6.20 Å². The summed E-state index contributed by atoms with van der Waals surface area (Å²) in [5.74, 6) is -0.200. The van der Waals surface area contributed by atoms with Gasteiger partial charge in [-0.25, -0.2) is 4.98 Å². The topological polar surface area (TPSA) is 71.3 Å². The predicted octanol–water partition coefficient (Wildman–Crippen LogP) is 3.65. The van der Waals surface area contributed by atoms with E-state index in [1.807, 2.05) is 41.1 Å². The van der Waals surface area contributed by atoms with Crippen LogP contribution in [0.3, 0.4) is 0 Å². The van der Waals surface area contributed by atoms with Crippen LogP contribution in [0.4, 0.5) is 0 Å². The molecule has 0 bridgehead atoms. The normalized spacial score (nSPS) is 20.9. The van der Waals surface area contributed by atoms with Crippen LogP contribution in [0.25, 0.3) is 10.9 Å². The monoisotopic (exact) mass is 457 g/mol. The van der Waals surface area contributed by atoms with Gasteiger partial charge in [0.25, 0.3) is 11.8 Å². The van der Waals surface area contributed by atoms with Crippen molar-refractivity contribution in [1.82, 2.24) is 24.6 Å². The molecular weight excluding hydrogens is 437 g/mol. The molecule has 1 aromatic carbocycles. The van der Waals surface area contributed by atoms with Crippen LogP contribution in [0.15, 0.2) is 36.5 Å². The number of benzene rings is 1. The average molecular weight is 458 g/mol. The molecule has 4 heterocycles. The van der Waals surface area contributed by atoms with Gasteiger partial charge in [-0.05, 0) is 25.0 Å². The number of aromatic nitrogens is 3. The Morgan fingerprint density at radius 2 is 1.68 bits per heavy atom. The largest absolute Gasteiger partial charge is 0.338 e. The van der Waals surface area contributed by atoms with Crippen LogP contribution in [0.2, 0.25) is 10.2 Å². The van der Waals surface area contributed by atoms with Crippen molar-refractivity contribution >= 4 is 45.9 Å². The summed E-state index contributed by atoms with van der Waals surface area (Å²) in [5.41, 5.74) is 1.69. The van der Waals surface area contributed by atoms with E-state index < -0.39 is 0 Å². The van der Waals surface area contributed by atoms with E-state index in [-0.39, 0.29) is 27.4 Å². The molecule has 1 atom stereocenters. The highest BCUT2D eigenvalue weighted by Gasteiger charge is 2.46. The average Bonchev–Trinajstić information content (AvgIpc) is 3.48. The number of pyridine rings is 1. The van der Waals surface area contributed by atoms with Crippen LogP contribution in [-0.4, -0.2) is 62.6 Å². The second-order valence-electron chi connectivity index (χ2n) is 8.41. The molecule has 1 unspecified atom stereocenters. The van der Waals surface area contributed by atoms with Gasteiger partial charge in [-0.15, -0.1) is 0 Å². The number of halogens is 2. The van der Waals surface area contributed by atoms with Crippen molar-refractivity contribution in [2.24, 2.45) is 12.5 Å². The molecular formula is C22H21Cl2N5O2. The van der Waals surface area contributed by atoms with Gasteiger partial charge in [-0.3, -0.25) is 14.3 Å². The summed E-state index contributed by atoms with van der Waals surface area (Å²) in [6.45, 7) is 2.50. The first-order chi connectivity index (χ1) is 14.9. The number of hydrogen-bond acceptors (Lipinski definition) is 4. The quantitative estimate of drug-likeness (QED) is 0.550. The van der Waals surface area contributed by atoms with Gasteiger partial charge in [0.05, 0.1) is 16.1 Å². The van der Waals surface area contributed by atoms with Gasteiger partial charge in [-0.1, -0.05) is 41.4 Å². The molecule has 160 valence electrons. The van der Waals surface area contributed by atoms with Crippen LogP contribution in [-0.2, 0) is 7.05 Å². The van der Waals surface area contributed by atoms with Crippen LogP contribution < -0.4 is 0 Å². The van der Waals surface area contributed by atoms with Crippen LogP contribution in [0, 0.1) is 5.41 Å². The van der Waals surface area contributed by atoms with Crippen LogP contribution in [0.1, 0.15) is 33.7 Å². The molecule has 2 amide bonds. The molecule has 0 saturated carbocycles. The third-order valence-electron chi connectivity index (χ3n) is 6.49. The van der Waals surface area contributed by atoms with Gasteiger partial charge in [-0.2, -0.15) is 5.10 Å². The summed E-state index contributed by atoms with van der Waals surface area (Å²) in [7, 11) is 1.85. The summed E-state index contributed by atoms with van der Waals surface area (Å²) in [5, 5.41) is 5.65. The Labute approximate surface area is 189 Å². The number of rotatable bonds is 2. The third-order valence-corrected chi connectivity index (χ3v) is 7.25. The molecule has 3 aromatic rings. The first-order valence-corrected chi connectivity index (χ1v) is 10.9. The van der Waals surface area contributed by atoms with Gasteiger partial charge >= 0.3 is 0 Å². The minimum atomic E-state index is -0.147. The number of carbonyl (C=O) groups is 2. The lowest BCUT2D eigenvalue weighted by Crippen LogP contribution is -2.36. The Morgan fingerprint density at radius 1 is 1.00 bits per heavy atom. The van der Waals surface area contributed by atoms with E-state index in [4.69, 9.17) is 23.2 Å². The van der Waals surface area contributed by atoms with E-state index in [0.29, 0.717) is 37.4 Å². The van der Waals surface area contributed by atoms with Crippen molar-refractivity contribution in [3.8, 4) is 0 Å². The summed E-state index contributed by atoms with van der Waals surface area (Å²) in [6.07, 6.45) is 3.19. The minimum absolute atomic E-state index is 0.0533. The maximum atomic E-state index is 13.3. The zero-order chi connectivity index (χ0) is 21.8. The molecule has 2 aliphatic heterocycles. The molecule has 2 fully saturated rings. The lowest BCUT2D eigenvalue weighted by atomic mass is 9.86. The molecule has 0 radical (unpaired) electrons. The van der Waals surface area contributed by atoms with E-state index in [2.05, 4.69) is 10.1 Å². The zero-order valence-electron chi connectivity index (χ0n) is 17.0. The molecule has 31 heavy (non-hydrogen) atoms. The Bertz CT molecular complexity index is 1210. The number of fused-ring (bicyclic) bond motifs is 1. The van der Waals surface area contributed by atoms with Gasteiger partial charge in [0.15, 0.2) is 5.69 Å². The maximum absolute atomic E-state index is 13.3. The first kappa shape index (κ1) is 20.3. The lowest BCUT2D eigenvalue weighted by Gasteiger charge is -2.24. The third kappa shape index (κ3) is 3.36. The van der Waals surface area contributed by atoms with Crippen LogP contribution in [0.5, 0.6) is 0 Å². The van der Waals surface area contributed by atoms with Crippen molar-refractivity contribution in [2.75, 3.05) is 26.2 Å². The first-order valence-electron chi connectivity index (χ1n) is 10.2. The van der Waals surface area contributed by atoms with Gasteiger partial charge in [0, 0.05) is 50.2 Å². The molecule has 0 aliphatic carbocycles. The number of carbonyl (C=O) groups excluding carboxylic acids is 2. The molecule has 1 spiro atoms. The zero-order valence-corrected chi connectivity index (χ0v) is 18.5. The summed E-state index contributed by atoms with van der Waals surface area (Å²) in [4.78, 5) is 33.9. The van der Waals surface area contributed by atoms with Crippen molar-refractivity contribution in [3.05, 3.63) is 58.0 Å². The smallest absolute Gasteiger partial charge is 0.275 e. The highest BCUT2D eigenvalue weighted by Crippen LogP contribution is 2.41. The van der Waals surface area contributed by atoms with E-state index in [0.717, 1.165) is 23.7 Å². The highest BCUT2D eigenvalue weighted by atomic mass is 35.5. The Hall–Kier alpha value is -2.64. The number of likely N-dealkylation sites (tertiary alicyclic amines) is 2. The van der Waals surface area contributed by atoms with Gasteiger partial charge in [0.2, 0.25) is 0 Å². The fourth-order valence-corrected chi connectivity index (χ4v) is 5.18. The fourth-order valence-electron chi connectivity index (χ4n) is 4.83. The molecule has 5 rings (SSSR count). The number of hydrogen-bond donors (Lipinski definition) is 0. The molecule has 9 heteroatoms. The van der Waals surface area contributed by atoms with Gasteiger partial charge in [0.1, 0.15) is 5.15 Å². The number of para-hydroxylation sites is 1. The Kier molecular flexibility index (Phi) is 4.90. The maximum Gasteiger partial charge on any atom is 0.275 e. The highest BCUT2D eigenvalue weighted by molar-refractivity contribution is 6.43. The minimum Gasteiger partial charge on any atom is -0.338 e. The summed E-state index contributed by atoms with van der Waals surface area (Å²) >= 11 is 12.2. The van der Waals surface area contributed by atoms with Crippen molar-refractivity contribution in [3.63, 3.8) is 0 Å². The standard InChI is InChI=1S/C22H21Cl2N5O2/c1-27-16-5-3-2-4-14(16)18(26-27)21(31)29-11-8-22(13-29)7-10-28(12-22)20(30)15-6-9-25-19(24)17(15)23/h2-6,9H,7-8,10-13H2,1H3. The fraction of sp³-hybridized carbons (Fsp3) is 0.364. The summed E-state index contributed by atoms with van der Waals surface area (Å²) in [6, 6.07) is 9.35. The van der Waals surface area contributed by atoms with E-state index in [1.54, 1.807) is 10.7 Å².